The third-order valence-electron chi connectivity index (χ3n) is 13.4. The van der Waals surface area contributed by atoms with E-state index in [1.54, 1.807) is 24.3 Å². The van der Waals surface area contributed by atoms with Crippen molar-refractivity contribution in [2.75, 3.05) is 11.5 Å². The molecular weight excluding hydrogens is 584 g/mol. The van der Waals surface area contributed by atoms with Gasteiger partial charge in [0.15, 0.2) is 6.29 Å². The Hall–Kier alpha value is -2.83. The maximum Gasteiger partial charge on any atom is 0.338 e. The van der Waals surface area contributed by atoms with Gasteiger partial charge in [-0.2, -0.15) is 0 Å². The first-order valence-electron chi connectivity index (χ1n) is 18.3. The van der Waals surface area contributed by atoms with Crippen molar-refractivity contribution in [3.05, 3.63) is 71.3 Å². The van der Waals surface area contributed by atoms with E-state index in [4.69, 9.17) is 20.9 Å². The lowest BCUT2D eigenvalue weighted by Gasteiger charge is -2.62. The summed E-state index contributed by atoms with van der Waals surface area (Å²) in [5.41, 5.74) is 16.2. The van der Waals surface area contributed by atoms with E-state index in [1.165, 1.54) is 44.1 Å². The molecule has 47 heavy (non-hydrogen) atoms. The van der Waals surface area contributed by atoms with Gasteiger partial charge in [0.2, 0.25) is 0 Å². The Morgan fingerprint density at radius 2 is 1.64 bits per heavy atom. The fraction of sp³-hybridized carbons (Fsp3) is 0.634. The van der Waals surface area contributed by atoms with Crippen LogP contribution in [0.2, 0.25) is 0 Å². The van der Waals surface area contributed by atoms with E-state index >= 15 is 0 Å². The third-order valence-corrected chi connectivity index (χ3v) is 13.4. The molecular formula is C41H58N2O4. The van der Waals surface area contributed by atoms with Crippen LogP contribution in [0.4, 0.5) is 11.4 Å². The summed E-state index contributed by atoms with van der Waals surface area (Å²) in [6, 6.07) is 14.4. The number of hydrogen-bond acceptors (Lipinski definition) is 6. The zero-order valence-corrected chi connectivity index (χ0v) is 29.3. The summed E-state index contributed by atoms with van der Waals surface area (Å²) >= 11 is 0. The van der Waals surface area contributed by atoms with E-state index in [0.29, 0.717) is 51.6 Å². The Bertz CT molecular complexity index is 1450. The second kappa shape index (κ2) is 13.6. The lowest BCUT2D eigenvalue weighted by atomic mass is 9.43. The molecule has 256 valence electrons. The van der Waals surface area contributed by atoms with Crippen molar-refractivity contribution >= 4 is 17.3 Å². The van der Waals surface area contributed by atoms with Crippen molar-refractivity contribution in [3.63, 3.8) is 0 Å². The normalized spacial score (nSPS) is 35.9. The number of fused-ring (bicyclic) bond motifs is 5. The highest BCUT2D eigenvalue weighted by molar-refractivity contribution is 5.90. The Kier molecular flexibility index (Phi) is 9.84. The molecule has 0 saturated heterocycles. The number of carbonyl (C=O) groups is 1. The van der Waals surface area contributed by atoms with Crippen LogP contribution in [0.25, 0.3) is 0 Å². The molecule has 2 aromatic carbocycles. The second-order valence-electron chi connectivity index (χ2n) is 16.4. The smallest absolute Gasteiger partial charge is 0.338 e. The Balaban J connectivity index is 1.25. The molecule has 4 saturated carbocycles. The predicted octanol–water partition coefficient (Wildman–Crippen LogP) is 9.10. The summed E-state index contributed by atoms with van der Waals surface area (Å²) in [5, 5.41) is 11.0. The molecule has 0 bridgehead atoms. The van der Waals surface area contributed by atoms with Crippen molar-refractivity contribution < 1.29 is 19.4 Å². The number of nitrogen functional groups attached to an aromatic ring is 2. The van der Waals surface area contributed by atoms with E-state index < -0.39 is 6.29 Å². The van der Waals surface area contributed by atoms with Gasteiger partial charge in [0.25, 0.3) is 0 Å². The summed E-state index contributed by atoms with van der Waals surface area (Å²) in [6.07, 6.45) is 12.2. The molecule has 4 aliphatic rings. The van der Waals surface area contributed by atoms with Crippen molar-refractivity contribution in [2.24, 2.45) is 46.3 Å². The fourth-order valence-electron chi connectivity index (χ4n) is 11.1. The van der Waals surface area contributed by atoms with E-state index in [-0.39, 0.29) is 29.5 Å². The first kappa shape index (κ1) is 34.0. The lowest BCUT2D eigenvalue weighted by Crippen LogP contribution is -2.59. The van der Waals surface area contributed by atoms with Gasteiger partial charge in [-0.25, -0.2) is 4.79 Å². The number of benzene rings is 2. The zero-order chi connectivity index (χ0) is 33.5. The molecule has 11 atom stereocenters. The van der Waals surface area contributed by atoms with Gasteiger partial charge in [0.05, 0.1) is 11.7 Å². The Morgan fingerprint density at radius 1 is 0.936 bits per heavy atom. The number of allylic oxidation sites excluding steroid dienone is 2. The molecule has 0 aromatic heterocycles. The van der Waals surface area contributed by atoms with Gasteiger partial charge in [-0.05, 0) is 149 Å². The minimum Gasteiger partial charge on any atom is -0.458 e. The first-order valence-corrected chi connectivity index (χ1v) is 18.3. The van der Waals surface area contributed by atoms with Crippen LogP contribution in [0.3, 0.4) is 0 Å². The first-order chi connectivity index (χ1) is 22.4. The van der Waals surface area contributed by atoms with Crippen molar-refractivity contribution in [1.82, 2.24) is 0 Å². The van der Waals surface area contributed by atoms with Gasteiger partial charge in [-0.1, -0.05) is 50.6 Å². The number of aliphatic hydroxyl groups is 1. The van der Waals surface area contributed by atoms with Crippen LogP contribution in [0.1, 0.15) is 121 Å². The number of rotatable bonds is 9. The second-order valence-corrected chi connectivity index (χ2v) is 16.4. The fourth-order valence-corrected chi connectivity index (χ4v) is 11.1. The highest BCUT2D eigenvalue weighted by atomic mass is 16.6. The maximum atomic E-state index is 13.7. The van der Waals surface area contributed by atoms with Gasteiger partial charge in [0.1, 0.15) is 6.10 Å². The van der Waals surface area contributed by atoms with Gasteiger partial charge in [-0.3, -0.25) is 0 Å². The standard InChI is InChI=1S/C41H58N2O4/c1-25(2)9-6-10-26(3)33-15-16-34-32-24-37(47-39(45)28-12-8-14-30(43)22-28)36-23-31(46-38(44)27-11-7-13-29(42)21-27)17-19-41(36,5)35(32)18-20-40(33,34)4/h7-9,11-14,21-22,26,31-38,44H,6,10,15-20,23-24,42-43H2,1-5H3. The Labute approximate surface area is 282 Å². The molecule has 6 nitrogen and oxygen atoms in total. The van der Waals surface area contributed by atoms with Crippen molar-refractivity contribution in [1.29, 1.82) is 0 Å². The molecule has 0 radical (unpaired) electrons. The SMILES string of the molecule is CC(C)=CCCC(C)C1CCC2C3CC(OC(=O)c4cccc(N)c4)C4CC(OC(O)c5cccc(N)c5)CCC4(C)C3CCC12C. The number of anilines is 2. The maximum absolute atomic E-state index is 13.7. The van der Waals surface area contributed by atoms with Crippen LogP contribution < -0.4 is 11.5 Å². The molecule has 4 aliphatic carbocycles. The van der Waals surface area contributed by atoms with E-state index in [2.05, 4.69) is 40.7 Å². The number of aliphatic hydroxyl groups excluding tert-OH is 1. The van der Waals surface area contributed by atoms with E-state index in [9.17, 15) is 9.90 Å². The van der Waals surface area contributed by atoms with E-state index in [0.717, 1.165) is 31.6 Å². The minimum absolute atomic E-state index is 0.0417. The summed E-state index contributed by atoms with van der Waals surface area (Å²) < 4.78 is 12.9. The molecule has 6 rings (SSSR count). The largest absolute Gasteiger partial charge is 0.458 e. The van der Waals surface area contributed by atoms with Crippen molar-refractivity contribution in [2.45, 2.75) is 117 Å². The molecule has 0 aliphatic heterocycles. The molecule has 4 fully saturated rings. The molecule has 0 heterocycles. The van der Waals surface area contributed by atoms with E-state index in [1.807, 2.05) is 24.3 Å². The number of esters is 1. The molecule has 0 amide bonds. The highest BCUT2D eigenvalue weighted by Gasteiger charge is 2.63. The molecule has 5 N–H and O–H groups in total. The number of hydrogen-bond donors (Lipinski definition) is 3. The quantitative estimate of drug-likeness (QED) is 0.109. The monoisotopic (exact) mass is 642 g/mol. The molecule has 11 unspecified atom stereocenters. The third kappa shape index (κ3) is 6.74. The van der Waals surface area contributed by atoms with Gasteiger partial charge in [-0.15, -0.1) is 0 Å². The minimum atomic E-state index is -1.04. The molecule has 6 heteroatoms. The average molecular weight is 643 g/mol. The van der Waals surface area contributed by atoms with Crippen molar-refractivity contribution in [3.8, 4) is 0 Å². The topological polar surface area (TPSA) is 108 Å². The van der Waals surface area contributed by atoms with Crippen LogP contribution in [0.15, 0.2) is 60.2 Å². The lowest BCUT2D eigenvalue weighted by molar-refractivity contribution is -0.205. The zero-order valence-electron chi connectivity index (χ0n) is 29.3. The average Bonchev–Trinajstić information content (AvgIpc) is 3.39. The van der Waals surface area contributed by atoms with Crippen LogP contribution in [-0.4, -0.2) is 23.3 Å². The summed E-state index contributed by atoms with van der Waals surface area (Å²) in [6.45, 7) is 12.0. The van der Waals surface area contributed by atoms with Gasteiger partial charge >= 0.3 is 5.97 Å². The van der Waals surface area contributed by atoms with Crippen LogP contribution in [0, 0.1) is 46.3 Å². The summed E-state index contributed by atoms with van der Waals surface area (Å²) in [4.78, 5) is 13.7. The predicted molar refractivity (Wildman–Crippen MR) is 189 cm³/mol. The van der Waals surface area contributed by atoms with Gasteiger partial charge < -0.3 is 26.0 Å². The number of ether oxygens (including phenoxy) is 2. The number of nitrogens with two attached hydrogens (primary N) is 2. The van der Waals surface area contributed by atoms with Gasteiger partial charge in [0, 0.05) is 22.9 Å². The summed E-state index contributed by atoms with van der Waals surface area (Å²) in [7, 11) is 0. The highest BCUT2D eigenvalue weighted by Crippen LogP contribution is 2.69. The molecule has 0 spiro atoms. The van der Waals surface area contributed by atoms with Crippen LogP contribution >= 0.6 is 0 Å². The van der Waals surface area contributed by atoms with Crippen LogP contribution in [-0.2, 0) is 9.47 Å². The summed E-state index contributed by atoms with van der Waals surface area (Å²) in [5.74, 6) is 3.12. The Morgan fingerprint density at radius 3 is 2.36 bits per heavy atom. The molecule has 2 aromatic rings. The van der Waals surface area contributed by atoms with Crippen LogP contribution in [0.5, 0.6) is 0 Å². The number of carbonyl (C=O) groups excluding carboxylic acids is 1.